The van der Waals surface area contributed by atoms with Crippen LogP contribution in [-0.4, -0.2) is 56.0 Å². The zero-order valence-electron chi connectivity index (χ0n) is 16.0. The molecule has 1 fully saturated rings. The Balaban J connectivity index is 1.70. The van der Waals surface area contributed by atoms with Gasteiger partial charge in [-0.1, -0.05) is 12.1 Å². The van der Waals surface area contributed by atoms with Gasteiger partial charge in [-0.05, 0) is 31.9 Å². The quantitative estimate of drug-likeness (QED) is 0.659. The van der Waals surface area contributed by atoms with Crippen LogP contribution >= 0.6 is 0 Å². The number of anilines is 1. The predicted molar refractivity (Wildman–Crippen MR) is 102 cm³/mol. The number of urea groups is 1. The van der Waals surface area contributed by atoms with E-state index in [0.717, 1.165) is 0 Å². The van der Waals surface area contributed by atoms with E-state index in [1.807, 2.05) is 6.07 Å². The molecule has 0 aromatic heterocycles. The van der Waals surface area contributed by atoms with Crippen molar-refractivity contribution in [2.45, 2.75) is 43.4 Å². The minimum atomic E-state index is -4.21. The van der Waals surface area contributed by atoms with Gasteiger partial charge in [0.1, 0.15) is 17.6 Å². The Morgan fingerprint density at radius 1 is 1.48 bits per heavy atom. The molecule has 156 valence electrons. The highest BCUT2D eigenvalue weighted by atomic mass is 32.2. The molecule has 0 spiro atoms. The smallest absolute Gasteiger partial charge is 0.336 e. The van der Waals surface area contributed by atoms with E-state index in [4.69, 9.17) is 5.26 Å². The highest BCUT2D eigenvalue weighted by Crippen LogP contribution is 2.32. The monoisotopic (exact) mass is 423 g/mol. The van der Waals surface area contributed by atoms with Crippen LogP contribution in [0.5, 0.6) is 0 Å². The van der Waals surface area contributed by atoms with Gasteiger partial charge in [0.05, 0.1) is 23.7 Å². The number of sulfonamides is 1. The molecule has 3 amide bonds. The normalized spacial score (nSPS) is 26.6. The molecule has 1 aromatic carbocycles. The molecular formula is C18H22FN5O4S. The Labute approximate surface area is 168 Å². The molecular weight excluding hydrogens is 401 g/mol. The lowest BCUT2D eigenvalue weighted by Gasteiger charge is -2.35. The SMILES string of the molecule is Cc1cccc2c1S(=O)(=O)N(CC(=O)N[C@H](C)C1NCC(C#N)CC1F)C(=O)N2. The molecule has 3 rings (SSSR count). The summed E-state index contributed by atoms with van der Waals surface area (Å²) in [6.07, 6.45) is -1.27. The van der Waals surface area contributed by atoms with E-state index in [2.05, 4.69) is 16.0 Å². The van der Waals surface area contributed by atoms with E-state index < -0.39 is 52.7 Å². The molecule has 0 saturated carbocycles. The highest BCUT2D eigenvalue weighted by molar-refractivity contribution is 7.90. The maximum Gasteiger partial charge on any atom is 0.336 e. The summed E-state index contributed by atoms with van der Waals surface area (Å²) in [4.78, 5) is 24.6. The minimum Gasteiger partial charge on any atom is -0.350 e. The van der Waals surface area contributed by atoms with Crippen molar-refractivity contribution in [2.75, 3.05) is 18.4 Å². The first-order valence-electron chi connectivity index (χ1n) is 9.15. The number of nitrogens with one attached hydrogen (secondary N) is 3. The Morgan fingerprint density at radius 2 is 2.21 bits per heavy atom. The van der Waals surface area contributed by atoms with E-state index in [-0.39, 0.29) is 17.0 Å². The fourth-order valence-electron chi connectivity index (χ4n) is 3.66. The number of hydrogen-bond donors (Lipinski definition) is 3. The first-order valence-corrected chi connectivity index (χ1v) is 10.6. The Morgan fingerprint density at radius 3 is 2.86 bits per heavy atom. The van der Waals surface area contributed by atoms with Crippen molar-refractivity contribution in [1.82, 2.24) is 14.9 Å². The molecule has 0 bridgehead atoms. The summed E-state index contributed by atoms with van der Waals surface area (Å²) in [5.41, 5.74) is 0.610. The van der Waals surface area contributed by atoms with Crippen LogP contribution in [0.1, 0.15) is 18.9 Å². The van der Waals surface area contributed by atoms with Crippen molar-refractivity contribution < 1.29 is 22.4 Å². The molecule has 2 aliphatic heterocycles. The second-order valence-corrected chi connectivity index (χ2v) is 9.06. The van der Waals surface area contributed by atoms with Crippen molar-refractivity contribution in [2.24, 2.45) is 5.92 Å². The lowest BCUT2D eigenvalue weighted by atomic mass is 9.90. The molecule has 4 atom stereocenters. The first-order chi connectivity index (χ1) is 13.6. The van der Waals surface area contributed by atoms with Gasteiger partial charge >= 0.3 is 6.03 Å². The number of carbonyl (C=O) groups is 2. The van der Waals surface area contributed by atoms with Gasteiger partial charge in [-0.25, -0.2) is 21.9 Å². The molecule has 2 heterocycles. The second-order valence-electron chi connectivity index (χ2n) is 7.26. The van der Waals surface area contributed by atoms with Crippen molar-refractivity contribution in [3.8, 4) is 6.07 Å². The topological polar surface area (TPSA) is 131 Å². The van der Waals surface area contributed by atoms with Gasteiger partial charge < -0.3 is 16.0 Å². The van der Waals surface area contributed by atoms with Gasteiger partial charge in [-0.15, -0.1) is 0 Å². The largest absolute Gasteiger partial charge is 0.350 e. The Bertz CT molecular complexity index is 977. The van der Waals surface area contributed by atoms with Gasteiger partial charge in [0.2, 0.25) is 5.91 Å². The van der Waals surface area contributed by atoms with Crippen LogP contribution in [0.25, 0.3) is 0 Å². The fourth-order valence-corrected chi connectivity index (χ4v) is 5.31. The van der Waals surface area contributed by atoms with Crippen LogP contribution in [0.15, 0.2) is 23.1 Å². The van der Waals surface area contributed by atoms with E-state index in [0.29, 0.717) is 16.4 Å². The number of rotatable bonds is 4. The summed E-state index contributed by atoms with van der Waals surface area (Å²) in [5.74, 6) is -1.17. The summed E-state index contributed by atoms with van der Waals surface area (Å²) in [7, 11) is -4.21. The Hall–Kier alpha value is -2.71. The lowest BCUT2D eigenvalue weighted by Crippen LogP contribution is -2.58. The first kappa shape index (κ1) is 21.0. The van der Waals surface area contributed by atoms with Gasteiger partial charge in [0.25, 0.3) is 10.0 Å². The third-order valence-electron chi connectivity index (χ3n) is 5.12. The van der Waals surface area contributed by atoms with Crippen LogP contribution in [0, 0.1) is 24.2 Å². The predicted octanol–water partition coefficient (Wildman–Crippen LogP) is 0.876. The highest BCUT2D eigenvalue weighted by Gasteiger charge is 2.40. The van der Waals surface area contributed by atoms with E-state index in [1.54, 1.807) is 26.0 Å². The average Bonchev–Trinajstić information content (AvgIpc) is 2.64. The fraction of sp³-hybridized carbons (Fsp3) is 0.500. The van der Waals surface area contributed by atoms with Gasteiger partial charge in [0, 0.05) is 12.6 Å². The number of hydrogen-bond acceptors (Lipinski definition) is 6. The molecule has 3 N–H and O–H groups in total. The van der Waals surface area contributed by atoms with E-state index in [1.165, 1.54) is 6.07 Å². The van der Waals surface area contributed by atoms with Crippen LogP contribution in [0.4, 0.5) is 14.9 Å². The van der Waals surface area contributed by atoms with Crippen LogP contribution in [0.2, 0.25) is 0 Å². The molecule has 2 aliphatic rings. The molecule has 3 unspecified atom stereocenters. The number of alkyl halides is 1. The lowest BCUT2D eigenvalue weighted by molar-refractivity contribution is -0.121. The number of benzene rings is 1. The van der Waals surface area contributed by atoms with Crippen LogP contribution in [0.3, 0.4) is 0 Å². The number of amides is 3. The number of piperidine rings is 1. The number of nitriles is 1. The molecule has 11 heteroatoms. The van der Waals surface area contributed by atoms with Gasteiger partial charge in [-0.3, -0.25) is 4.79 Å². The molecule has 9 nitrogen and oxygen atoms in total. The van der Waals surface area contributed by atoms with Crippen molar-refractivity contribution in [3.05, 3.63) is 23.8 Å². The summed E-state index contributed by atoms with van der Waals surface area (Å²) in [6, 6.07) is 4.39. The van der Waals surface area contributed by atoms with Gasteiger partial charge in [-0.2, -0.15) is 5.26 Å². The third-order valence-corrected chi connectivity index (χ3v) is 7.06. The maximum absolute atomic E-state index is 14.3. The zero-order valence-corrected chi connectivity index (χ0v) is 16.8. The van der Waals surface area contributed by atoms with Crippen LogP contribution < -0.4 is 16.0 Å². The number of carbonyl (C=O) groups excluding carboxylic acids is 2. The molecule has 29 heavy (non-hydrogen) atoms. The number of aryl methyl sites for hydroxylation is 1. The van der Waals surface area contributed by atoms with E-state index >= 15 is 0 Å². The second kappa shape index (κ2) is 7.96. The Kier molecular flexibility index (Phi) is 5.77. The zero-order chi connectivity index (χ0) is 21.3. The molecule has 0 aliphatic carbocycles. The standard InChI is InChI=1S/C18H22FN5O4S/c1-10-4-3-5-14-17(10)29(27,28)24(18(26)23-14)9-15(25)22-11(2)16-13(19)6-12(7-20)8-21-16/h3-5,11-13,16,21H,6,8-9H2,1-2H3,(H,22,25)(H,23,26)/t11-,12?,13?,16?/m1/s1. The molecule has 0 radical (unpaired) electrons. The summed E-state index contributed by atoms with van der Waals surface area (Å²) in [6.45, 7) is 2.76. The number of halogens is 1. The summed E-state index contributed by atoms with van der Waals surface area (Å²) in [5, 5.41) is 16.8. The third kappa shape index (κ3) is 4.04. The average molecular weight is 423 g/mol. The molecule has 1 aromatic rings. The maximum atomic E-state index is 14.3. The van der Waals surface area contributed by atoms with Crippen LogP contribution in [-0.2, 0) is 14.8 Å². The summed E-state index contributed by atoms with van der Waals surface area (Å²) >= 11 is 0. The van der Waals surface area contributed by atoms with Crippen molar-refractivity contribution in [1.29, 1.82) is 5.26 Å². The van der Waals surface area contributed by atoms with Gasteiger partial charge in [0.15, 0.2) is 0 Å². The number of fused-ring (bicyclic) bond motifs is 1. The van der Waals surface area contributed by atoms with Crippen molar-refractivity contribution >= 4 is 27.6 Å². The van der Waals surface area contributed by atoms with E-state index in [9.17, 15) is 22.4 Å². The summed E-state index contributed by atoms with van der Waals surface area (Å²) < 4.78 is 40.5. The minimum absolute atomic E-state index is 0.0548. The number of nitrogens with zero attached hydrogens (tertiary/aromatic N) is 2. The molecule has 1 saturated heterocycles. The van der Waals surface area contributed by atoms with Crippen molar-refractivity contribution in [3.63, 3.8) is 0 Å².